The van der Waals surface area contributed by atoms with Crippen LogP contribution in [0.1, 0.15) is 55.6 Å². The zero-order valence-corrected chi connectivity index (χ0v) is 20.9. The molecule has 0 aliphatic heterocycles. The molecule has 2 aromatic rings. The summed E-state index contributed by atoms with van der Waals surface area (Å²) >= 11 is 0. The summed E-state index contributed by atoms with van der Waals surface area (Å²) in [5.74, 6) is 0. The zero-order valence-electron chi connectivity index (χ0n) is 17.6. The molecular weight excluding hydrogens is 502 g/mol. The van der Waals surface area contributed by atoms with Crippen LogP contribution in [0.5, 0.6) is 0 Å². The zero-order chi connectivity index (χ0) is 19.8. The number of hydrogen-bond donors (Lipinski definition) is 0. The van der Waals surface area contributed by atoms with E-state index in [2.05, 4.69) is 82.8 Å². The van der Waals surface area contributed by atoms with E-state index >= 15 is 0 Å². The molecule has 2 aromatic carbocycles. The van der Waals surface area contributed by atoms with Gasteiger partial charge in [0.15, 0.2) is 0 Å². The van der Waals surface area contributed by atoms with E-state index in [1.54, 1.807) is 0 Å². The van der Waals surface area contributed by atoms with Crippen molar-refractivity contribution >= 4 is 13.6 Å². The fraction of sp³-hybridized carbons (Fsp3) is 0.455. The summed E-state index contributed by atoms with van der Waals surface area (Å²) in [7, 11) is 0. The van der Waals surface area contributed by atoms with Gasteiger partial charge in [-0.1, -0.05) is 34.6 Å². The molecule has 0 spiro atoms. The SMILES string of the molecule is C[c-]1[c-](C)[c-](C)[c-](C)[c-]1C.Cc1c(C)c(C)[c-](C)c1C.[CH-]=O.[CH-]=O.[Rh].[Rh]. The van der Waals surface area contributed by atoms with E-state index in [-0.39, 0.29) is 39.0 Å². The molecule has 2 rings (SSSR count). The molecule has 0 fully saturated rings. The van der Waals surface area contributed by atoms with Crippen LogP contribution in [0.2, 0.25) is 0 Å². The third-order valence-electron chi connectivity index (χ3n) is 5.62. The second kappa shape index (κ2) is 15.4. The van der Waals surface area contributed by atoms with E-state index < -0.39 is 0 Å². The first-order valence-electron chi connectivity index (χ1n) is 7.97. The third kappa shape index (κ3) is 7.49. The summed E-state index contributed by atoms with van der Waals surface area (Å²) in [5.41, 5.74) is 14.7. The monoisotopic (exact) mass is 534 g/mol. The number of rotatable bonds is 0. The molecule has 0 N–H and O–H groups in total. The molecule has 0 amide bonds. The minimum Gasteiger partial charge on any atom is -0.731 e. The van der Waals surface area contributed by atoms with Gasteiger partial charge in [-0.2, -0.15) is 27.8 Å². The Morgan fingerprint density at radius 3 is 0.731 bits per heavy atom. The maximum absolute atomic E-state index is 7.75. The average Bonchev–Trinajstić information content (AvgIpc) is 2.89. The van der Waals surface area contributed by atoms with Crippen LogP contribution in [0, 0.1) is 69.2 Å². The second-order valence-electron chi connectivity index (χ2n) is 6.25. The van der Waals surface area contributed by atoms with E-state index in [9.17, 15) is 0 Å². The van der Waals surface area contributed by atoms with Crippen molar-refractivity contribution in [3.8, 4) is 0 Å². The first-order chi connectivity index (χ1) is 11.1. The molecule has 26 heavy (non-hydrogen) atoms. The molecule has 0 bridgehead atoms. The summed E-state index contributed by atoms with van der Waals surface area (Å²) in [6.07, 6.45) is 0. The molecule has 158 valence electrons. The molecule has 2 nitrogen and oxygen atoms in total. The van der Waals surface area contributed by atoms with Crippen LogP contribution in [0.25, 0.3) is 0 Å². The quantitative estimate of drug-likeness (QED) is 0.260. The Morgan fingerprint density at radius 2 is 0.654 bits per heavy atom. The first-order valence-corrected chi connectivity index (χ1v) is 7.97. The Labute approximate surface area is 186 Å². The predicted octanol–water partition coefficient (Wildman–Crippen LogP) is 5.34. The molecule has 0 aliphatic rings. The summed E-state index contributed by atoms with van der Waals surface area (Å²) in [6.45, 7) is 28.5. The van der Waals surface area contributed by atoms with Gasteiger partial charge in [-0.05, 0) is 0 Å². The van der Waals surface area contributed by atoms with E-state index in [1.807, 2.05) is 0 Å². The Bertz CT molecular complexity index is 446. The van der Waals surface area contributed by atoms with Crippen LogP contribution >= 0.6 is 0 Å². The Hall–Kier alpha value is -0.713. The van der Waals surface area contributed by atoms with Crippen LogP contribution < -0.4 is 0 Å². The average molecular weight is 534 g/mol. The largest absolute Gasteiger partial charge is 0.731 e. The molecule has 4 heteroatoms. The molecule has 0 atom stereocenters. The van der Waals surface area contributed by atoms with Gasteiger partial charge in [0.2, 0.25) is 0 Å². The summed E-state index contributed by atoms with van der Waals surface area (Å²) < 4.78 is 0. The minimum atomic E-state index is 0. The molecule has 0 heterocycles. The van der Waals surface area contributed by atoms with E-state index in [1.165, 1.54) is 55.6 Å². The van der Waals surface area contributed by atoms with E-state index in [0.717, 1.165) is 0 Å². The van der Waals surface area contributed by atoms with Crippen molar-refractivity contribution < 1.29 is 48.5 Å². The van der Waals surface area contributed by atoms with Crippen molar-refractivity contribution in [2.75, 3.05) is 0 Å². The second-order valence-corrected chi connectivity index (χ2v) is 6.25. The topological polar surface area (TPSA) is 34.1 Å². The van der Waals surface area contributed by atoms with Crippen molar-refractivity contribution in [2.24, 2.45) is 0 Å². The van der Waals surface area contributed by atoms with Crippen molar-refractivity contribution in [2.45, 2.75) is 69.2 Å². The molecular formula is C22H32O2Rh2-8. The molecule has 2 radical (unpaired) electrons. The van der Waals surface area contributed by atoms with Crippen LogP contribution in [0.3, 0.4) is 0 Å². The van der Waals surface area contributed by atoms with Gasteiger partial charge in [-0.15, -0.1) is 0 Å². The molecule has 0 aromatic heterocycles. The normalized spacial score (nSPS) is 8.38. The van der Waals surface area contributed by atoms with Crippen LogP contribution in [-0.4, -0.2) is 13.6 Å². The smallest absolute Gasteiger partial charge is 0 e. The Kier molecular flexibility index (Phi) is 19.4. The third-order valence-corrected chi connectivity index (χ3v) is 5.62. The fourth-order valence-electron chi connectivity index (χ4n) is 2.81. The molecule has 0 saturated heterocycles. The molecule has 0 unspecified atom stereocenters. The van der Waals surface area contributed by atoms with Crippen LogP contribution in [-0.2, 0) is 48.5 Å². The van der Waals surface area contributed by atoms with Gasteiger partial charge < -0.3 is 37.4 Å². The molecule has 0 aliphatic carbocycles. The summed E-state index contributed by atoms with van der Waals surface area (Å²) in [5, 5.41) is 0. The van der Waals surface area contributed by atoms with Gasteiger partial charge in [0.1, 0.15) is 0 Å². The number of carbonyl (C=O) groups excluding carboxylic acids is 2. The standard InChI is InChI=1S/2C10H15.2CHO.2Rh/c2*1-6-7(2)9(4)10(5)8(6)3;2*1-2;;/h2*1-5H3;2*1H;;/q-5;3*-1;;. The Morgan fingerprint density at radius 1 is 0.500 bits per heavy atom. The van der Waals surface area contributed by atoms with Crippen molar-refractivity contribution in [1.82, 2.24) is 0 Å². The Balaban J connectivity index is -0.000000147. The van der Waals surface area contributed by atoms with Gasteiger partial charge in [0, 0.05) is 39.0 Å². The van der Waals surface area contributed by atoms with E-state index in [0.29, 0.717) is 0 Å². The predicted molar refractivity (Wildman–Crippen MR) is 105 cm³/mol. The first kappa shape index (κ1) is 32.9. The maximum Gasteiger partial charge on any atom is 0 e. The fourth-order valence-corrected chi connectivity index (χ4v) is 2.81. The van der Waals surface area contributed by atoms with Gasteiger partial charge in [-0.3, -0.25) is 13.6 Å². The van der Waals surface area contributed by atoms with Crippen LogP contribution in [0.15, 0.2) is 0 Å². The van der Waals surface area contributed by atoms with Gasteiger partial charge in [-0.25, -0.2) is 34.6 Å². The van der Waals surface area contributed by atoms with Crippen molar-refractivity contribution in [3.63, 3.8) is 0 Å². The van der Waals surface area contributed by atoms with E-state index in [4.69, 9.17) is 9.59 Å². The van der Waals surface area contributed by atoms with Crippen molar-refractivity contribution in [1.29, 1.82) is 0 Å². The summed E-state index contributed by atoms with van der Waals surface area (Å²) in [6, 6.07) is 0. The van der Waals surface area contributed by atoms with Gasteiger partial charge in [0.05, 0.1) is 0 Å². The van der Waals surface area contributed by atoms with Gasteiger partial charge >= 0.3 is 0 Å². The molecule has 0 saturated carbocycles. The maximum atomic E-state index is 7.75. The van der Waals surface area contributed by atoms with Crippen LogP contribution in [0.4, 0.5) is 0 Å². The summed E-state index contributed by atoms with van der Waals surface area (Å²) in [4.78, 5) is 15.5. The van der Waals surface area contributed by atoms with Gasteiger partial charge in [0.25, 0.3) is 0 Å². The number of hydrogen-bond acceptors (Lipinski definition) is 2. The van der Waals surface area contributed by atoms with Crippen molar-refractivity contribution in [3.05, 3.63) is 55.6 Å². The minimum absolute atomic E-state index is 0.